The van der Waals surface area contributed by atoms with E-state index in [2.05, 4.69) is 18.8 Å². The molecule has 1 heterocycles. The zero-order valence-electron chi connectivity index (χ0n) is 10.3. The molecule has 0 saturated carbocycles. The third-order valence-electron chi connectivity index (χ3n) is 2.44. The fourth-order valence-electron chi connectivity index (χ4n) is 1.52. The Morgan fingerprint density at radius 2 is 2.00 bits per heavy atom. The van der Waals surface area contributed by atoms with Crippen molar-refractivity contribution in [3.8, 4) is 0 Å². The van der Waals surface area contributed by atoms with Crippen LogP contribution < -0.4 is 4.73 Å². The number of nitrogens with zero attached hydrogens (tertiary/aromatic N) is 2. The van der Waals surface area contributed by atoms with Gasteiger partial charge >= 0.3 is 0 Å². The molecule has 0 aliphatic carbocycles. The molecule has 4 nitrogen and oxygen atoms in total. The molecule has 1 aromatic heterocycles. The third kappa shape index (κ3) is 3.17. The Morgan fingerprint density at radius 3 is 2.44 bits per heavy atom. The topological polar surface area (TPSA) is 60.1 Å². The van der Waals surface area contributed by atoms with Gasteiger partial charge in [0, 0.05) is 0 Å². The molecular weight excluding hydrogens is 204 g/mol. The van der Waals surface area contributed by atoms with Crippen LogP contribution in [0.15, 0.2) is 12.4 Å². The molecule has 0 fully saturated rings. The first kappa shape index (κ1) is 12.9. The fraction of sp³-hybridized carbons (Fsp3) is 0.667. The van der Waals surface area contributed by atoms with Crippen molar-refractivity contribution >= 4 is 0 Å². The second kappa shape index (κ2) is 5.25. The summed E-state index contributed by atoms with van der Waals surface area (Å²) in [6.07, 6.45) is 2.97. The summed E-state index contributed by atoms with van der Waals surface area (Å²) in [4.78, 5) is 4.20. The van der Waals surface area contributed by atoms with Crippen LogP contribution in [0.5, 0.6) is 0 Å². The van der Waals surface area contributed by atoms with Crippen molar-refractivity contribution in [2.45, 2.75) is 40.2 Å². The zero-order chi connectivity index (χ0) is 12.3. The van der Waals surface area contributed by atoms with Gasteiger partial charge in [0.05, 0.1) is 6.20 Å². The summed E-state index contributed by atoms with van der Waals surface area (Å²) < 4.78 is 0.732. The third-order valence-corrected chi connectivity index (χ3v) is 2.44. The Kier molecular flexibility index (Phi) is 4.24. The largest absolute Gasteiger partial charge is 0.618 e. The maximum Gasteiger partial charge on any atom is 0.240 e. The van der Waals surface area contributed by atoms with Crippen LogP contribution >= 0.6 is 0 Å². The van der Waals surface area contributed by atoms with Crippen LogP contribution in [0.1, 0.15) is 45.2 Å². The summed E-state index contributed by atoms with van der Waals surface area (Å²) >= 11 is 0. The monoisotopic (exact) mass is 224 g/mol. The Hall–Kier alpha value is -1.16. The average molecular weight is 224 g/mol. The number of aliphatic hydroxyl groups excluding tert-OH is 1. The summed E-state index contributed by atoms with van der Waals surface area (Å²) in [7, 11) is 0. The van der Waals surface area contributed by atoms with Gasteiger partial charge in [-0.3, -0.25) is 0 Å². The van der Waals surface area contributed by atoms with Gasteiger partial charge < -0.3 is 10.3 Å². The fourth-order valence-corrected chi connectivity index (χ4v) is 1.52. The summed E-state index contributed by atoms with van der Waals surface area (Å²) in [6.45, 7) is 7.89. The second-order valence-electron chi connectivity index (χ2n) is 4.92. The van der Waals surface area contributed by atoms with E-state index in [1.807, 2.05) is 13.8 Å². The van der Waals surface area contributed by atoms with E-state index in [-0.39, 0.29) is 5.92 Å². The van der Waals surface area contributed by atoms with Crippen molar-refractivity contribution in [1.29, 1.82) is 0 Å². The van der Waals surface area contributed by atoms with Gasteiger partial charge in [0.1, 0.15) is 11.8 Å². The molecule has 0 aliphatic heterocycles. The minimum absolute atomic E-state index is 0.0120. The summed E-state index contributed by atoms with van der Waals surface area (Å²) in [5, 5.41) is 21.5. The van der Waals surface area contributed by atoms with Gasteiger partial charge in [-0.25, -0.2) is 4.98 Å². The number of hydrogen-bond acceptors (Lipinski definition) is 3. The van der Waals surface area contributed by atoms with E-state index in [4.69, 9.17) is 0 Å². The maximum atomic E-state index is 11.7. The molecule has 0 aliphatic rings. The van der Waals surface area contributed by atoms with Gasteiger partial charge in [-0.15, -0.1) is 0 Å². The van der Waals surface area contributed by atoms with Crippen molar-refractivity contribution in [2.75, 3.05) is 0 Å². The Bertz CT molecular complexity index is 351. The quantitative estimate of drug-likeness (QED) is 0.624. The number of aromatic nitrogens is 2. The van der Waals surface area contributed by atoms with E-state index in [1.165, 1.54) is 12.4 Å². The molecule has 1 atom stereocenters. The smallest absolute Gasteiger partial charge is 0.240 e. The molecule has 1 N–H and O–H groups in total. The van der Waals surface area contributed by atoms with E-state index in [0.717, 1.165) is 16.8 Å². The zero-order valence-corrected chi connectivity index (χ0v) is 10.3. The van der Waals surface area contributed by atoms with Crippen LogP contribution in [0.25, 0.3) is 0 Å². The molecule has 1 aromatic rings. The van der Waals surface area contributed by atoms with E-state index in [1.54, 1.807) is 0 Å². The lowest BCUT2D eigenvalue weighted by Crippen LogP contribution is -2.35. The highest BCUT2D eigenvalue weighted by molar-refractivity contribution is 5.00. The lowest BCUT2D eigenvalue weighted by Gasteiger charge is -2.14. The molecule has 0 bridgehead atoms. The van der Waals surface area contributed by atoms with Crippen molar-refractivity contribution in [3.63, 3.8) is 0 Å². The standard InChI is InChI=1S/C12H20N2O2/c1-8(2)5-10-7-14(16)11(6-13-10)12(15)9(3)4/h6-9,12,15H,5H2,1-4H3. The van der Waals surface area contributed by atoms with Crippen molar-refractivity contribution in [1.82, 2.24) is 4.98 Å². The van der Waals surface area contributed by atoms with Crippen LogP contribution in [0.3, 0.4) is 0 Å². The number of hydrogen-bond donors (Lipinski definition) is 1. The first-order chi connectivity index (χ1) is 7.41. The van der Waals surface area contributed by atoms with Crippen LogP contribution in [0.2, 0.25) is 0 Å². The maximum absolute atomic E-state index is 11.7. The molecule has 0 amide bonds. The predicted octanol–water partition coefficient (Wildman–Crippen LogP) is 1.60. The molecule has 90 valence electrons. The van der Waals surface area contributed by atoms with E-state index in [0.29, 0.717) is 11.6 Å². The lowest BCUT2D eigenvalue weighted by molar-refractivity contribution is -0.620. The van der Waals surface area contributed by atoms with Gasteiger partial charge in [0.25, 0.3) is 0 Å². The summed E-state index contributed by atoms with van der Waals surface area (Å²) in [6, 6.07) is 0. The lowest BCUT2D eigenvalue weighted by atomic mass is 10.0. The molecule has 16 heavy (non-hydrogen) atoms. The molecule has 1 rings (SSSR count). The Labute approximate surface area is 96.5 Å². The Morgan fingerprint density at radius 1 is 1.38 bits per heavy atom. The second-order valence-corrected chi connectivity index (χ2v) is 4.92. The van der Waals surface area contributed by atoms with E-state index in [9.17, 15) is 10.3 Å². The van der Waals surface area contributed by atoms with Gasteiger partial charge in [-0.05, 0) is 18.3 Å². The normalized spacial score (nSPS) is 13.4. The number of rotatable bonds is 4. The highest BCUT2D eigenvalue weighted by Gasteiger charge is 2.21. The average Bonchev–Trinajstić information content (AvgIpc) is 2.15. The molecule has 1 unspecified atom stereocenters. The first-order valence-electron chi connectivity index (χ1n) is 5.67. The highest BCUT2D eigenvalue weighted by Crippen LogP contribution is 2.17. The molecule has 0 radical (unpaired) electrons. The number of aliphatic hydroxyl groups is 1. The molecular formula is C12H20N2O2. The van der Waals surface area contributed by atoms with Crippen molar-refractivity contribution in [3.05, 3.63) is 29.0 Å². The van der Waals surface area contributed by atoms with Crippen LogP contribution in [-0.2, 0) is 6.42 Å². The molecule has 4 heteroatoms. The van der Waals surface area contributed by atoms with Crippen molar-refractivity contribution < 1.29 is 9.84 Å². The highest BCUT2D eigenvalue weighted by atomic mass is 16.5. The van der Waals surface area contributed by atoms with Gasteiger partial charge in [-0.2, -0.15) is 4.73 Å². The minimum Gasteiger partial charge on any atom is -0.618 e. The van der Waals surface area contributed by atoms with Crippen LogP contribution in [-0.4, -0.2) is 10.1 Å². The molecule has 0 aromatic carbocycles. The van der Waals surface area contributed by atoms with Crippen LogP contribution in [0, 0.1) is 17.0 Å². The first-order valence-corrected chi connectivity index (χ1v) is 5.67. The predicted molar refractivity (Wildman–Crippen MR) is 61.5 cm³/mol. The van der Waals surface area contributed by atoms with Gasteiger partial charge in [0.2, 0.25) is 11.9 Å². The Balaban J connectivity index is 2.91. The minimum atomic E-state index is -0.752. The molecule has 0 saturated heterocycles. The van der Waals surface area contributed by atoms with Gasteiger partial charge in [0.15, 0.2) is 0 Å². The summed E-state index contributed by atoms with van der Waals surface area (Å²) in [5.74, 6) is 0.478. The van der Waals surface area contributed by atoms with E-state index < -0.39 is 6.10 Å². The van der Waals surface area contributed by atoms with Crippen molar-refractivity contribution in [2.24, 2.45) is 11.8 Å². The SMILES string of the molecule is CC(C)Cc1c[n+]([O-])c(C(O)C(C)C)cn1. The van der Waals surface area contributed by atoms with E-state index >= 15 is 0 Å². The van der Waals surface area contributed by atoms with Gasteiger partial charge in [-0.1, -0.05) is 27.7 Å². The van der Waals surface area contributed by atoms with Crippen LogP contribution in [0.4, 0.5) is 0 Å². The molecule has 0 spiro atoms. The summed E-state index contributed by atoms with van der Waals surface area (Å²) in [5.41, 5.74) is 1.09.